The van der Waals surface area contributed by atoms with Crippen molar-refractivity contribution in [3.63, 3.8) is 0 Å². The zero-order valence-corrected chi connectivity index (χ0v) is 8.38. The van der Waals surface area contributed by atoms with Crippen LogP contribution in [0, 0.1) is 0 Å². The van der Waals surface area contributed by atoms with Gasteiger partial charge in [-0.1, -0.05) is 0 Å². The molecule has 0 aliphatic carbocycles. The van der Waals surface area contributed by atoms with E-state index < -0.39 is 0 Å². The van der Waals surface area contributed by atoms with E-state index in [-0.39, 0.29) is 12.4 Å². The van der Waals surface area contributed by atoms with E-state index in [4.69, 9.17) is 21.1 Å². The van der Waals surface area contributed by atoms with Crippen molar-refractivity contribution in [1.82, 2.24) is 4.90 Å². The van der Waals surface area contributed by atoms with Crippen molar-refractivity contribution in [3.8, 4) is 0 Å². The van der Waals surface area contributed by atoms with Crippen LogP contribution >= 0.6 is 11.6 Å². The maximum Gasteiger partial charge on any atom is 0.155 e. The third-order valence-corrected chi connectivity index (χ3v) is 2.05. The SMILES string of the molecule is C[C@@H]1OC[C@H](CN(C)CCCl)O1. The van der Waals surface area contributed by atoms with Crippen molar-refractivity contribution in [2.45, 2.75) is 19.3 Å². The first-order chi connectivity index (χ1) is 5.72. The molecule has 0 bridgehead atoms. The van der Waals surface area contributed by atoms with E-state index in [9.17, 15) is 0 Å². The zero-order valence-electron chi connectivity index (χ0n) is 7.62. The summed E-state index contributed by atoms with van der Waals surface area (Å²) in [6.45, 7) is 4.42. The highest BCUT2D eigenvalue weighted by molar-refractivity contribution is 6.18. The van der Waals surface area contributed by atoms with Crippen molar-refractivity contribution < 1.29 is 9.47 Å². The quantitative estimate of drug-likeness (QED) is 0.620. The molecule has 1 aliphatic rings. The predicted octanol–water partition coefficient (Wildman–Crippen LogP) is 0.918. The van der Waals surface area contributed by atoms with Crippen molar-refractivity contribution in [2.75, 3.05) is 32.6 Å². The molecule has 0 unspecified atom stereocenters. The Kier molecular flexibility index (Phi) is 4.29. The van der Waals surface area contributed by atoms with Crippen molar-refractivity contribution >= 4 is 11.6 Å². The molecule has 1 rings (SSSR count). The zero-order chi connectivity index (χ0) is 8.97. The smallest absolute Gasteiger partial charge is 0.155 e. The Hall–Kier alpha value is 0.170. The molecule has 1 fully saturated rings. The second-order valence-electron chi connectivity index (χ2n) is 3.11. The van der Waals surface area contributed by atoms with Gasteiger partial charge in [0.25, 0.3) is 0 Å². The predicted molar refractivity (Wildman–Crippen MR) is 48.5 cm³/mol. The molecule has 4 heteroatoms. The largest absolute Gasteiger partial charge is 0.350 e. The van der Waals surface area contributed by atoms with E-state index in [0.717, 1.165) is 13.1 Å². The molecule has 12 heavy (non-hydrogen) atoms. The highest BCUT2D eigenvalue weighted by atomic mass is 35.5. The molecular weight excluding hydrogens is 178 g/mol. The molecule has 0 aromatic carbocycles. The lowest BCUT2D eigenvalue weighted by Crippen LogP contribution is -2.32. The molecule has 0 saturated carbocycles. The van der Waals surface area contributed by atoms with Crippen LogP contribution in [0.15, 0.2) is 0 Å². The summed E-state index contributed by atoms with van der Waals surface area (Å²) in [5, 5.41) is 0. The van der Waals surface area contributed by atoms with Gasteiger partial charge < -0.3 is 14.4 Å². The first-order valence-corrected chi connectivity index (χ1v) is 4.77. The molecule has 0 N–H and O–H groups in total. The Labute approximate surface area is 78.6 Å². The first kappa shape index (κ1) is 10.3. The summed E-state index contributed by atoms with van der Waals surface area (Å²) in [6.07, 6.45) is 0.174. The normalized spacial score (nSPS) is 30.0. The van der Waals surface area contributed by atoms with Gasteiger partial charge in [0, 0.05) is 19.0 Å². The Morgan fingerprint density at radius 3 is 2.83 bits per heavy atom. The van der Waals surface area contributed by atoms with Gasteiger partial charge >= 0.3 is 0 Å². The third kappa shape index (κ3) is 3.27. The van der Waals surface area contributed by atoms with Gasteiger partial charge in [-0.15, -0.1) is 11.6 Å². The number of halogens is 1. The van der Waals surface area contributed by atoms with Crippen LogP contribution in [0.5, 0.6) is 0 Å². The summed E-state index contributed by atoms with van der Waals surface area (Å²) < 4.78 is 10.7. The standard InChI is InChI=1S/C8H16ClNO2/c1-7-11-6-8(12-7)5-10(2)4-3-9/h7-8H,3-6H2,1-2H3/t7-,8+/m1/s1. The summed E-state index contributed by atoms with van der Waals surface area (Å²) in [7, 11) is 2.04. The number of likely N-dealkylation sites (N-methyl/N-ethyl adjacent to an activating group) is 1. The molecule has 3 nitrogen and oxygen atoms in total. The van der Waals surface area contributed by atoms with Gasteiger partial charge in [0.15, 0.2) is 6.29 Å². The van der Waals surface area contributed by atoms with E-state index in [2.05, 4.69) is 4.90 Å². The lowest BCUT2D eigenvalue weighted by atomic mass is 10.3. The maximum atomic E-state index is 5.60. The van der Waals surface area contributed by atoms with Crippen molar-refractivity contribution in [1.29, 1.82) is 0 Å². The topological polar surface area (TPSA) is 21.7 Å². The maximum absolute atomic E-state index is 5.60. The van der Waals surface area contributed by atoms with Crippen molar-refractivity contribution in [3.05, 3.63) is 0 Å². The molecule has 72 valence electrons. The third-order valence-electron chi connectivity index (χ3n) is 1.88. The van der Waals surface area contributed by atoms with Gasteiger partial charge in [-0.2, -0.15) is 0 Å². The molecule has 1 saturated heterocycles. The molecule has 0 radical (unpaired) electrons. The summed E-state index contributed by atoms with van der Waals surface area (Å²) in [4.78, 5) is 2.15. The van der Waals surface area contributed by atoms with Crippen LogP contribution in [0.25, 0.3) is 0 Å². The Morgan fingerprint density at radius 1 is 1.58 bits per heavy atom. The fraction of sp³-hybridized carbons (Fsp3) is 1.00. The van der Waals surface area contributed by atoms with Gasteiger partial charge in [-0.25, -0.2) is 0 Å². The van der Waals surface area contributed by atoms with Crippen LogP contribution in [0.1, 0.15) is 6.92 Å². The molecule has 0 aromatic heterocycles. The van der Waals surface area contributed by atoms with Crippen molar-refractivity contribution in [2.24, 2.45) is 0 Å². The molecule has 1 aliphatic heterocycles. The van der Waals surface area contributed by atoms with Crippen LogP contribution in [-0.2, 0) is 9.47 Å². The van der Waals surface area contributed by atoms with Gasteiger partial charge in [0.05, 0.1) is 12.7 Å². The number of rotatable bonds is 4. The van der Waals surface area contributed by atoms with E-state index in [1.165, 1.54) is 0 Å². The highest BCUT2D eigenvalue weighted by Gasteiger charge is 2.22. The number of nitrogens with zero attached hydrogens (tertiary/aromatic N) is 1. The monoisotopic (exact) mass is 193 g/mol. The molecule has 1 heterocycles. The molecule has 0 amide bonds. The number of alkyl halides is 1. The summed E-state index contributed by atoms with van der Waals surface area (Å²) in [5.41, 5.74) is 0. The minimum Gasteiger partial charge on any atom is -0.350 e. The Balaban J connectivity index is 2.14. The molecule has 0 aromatic rings. The van der Waals surface area contributed by atoms with Gasteiger partial charge in [-0.05, 0) is 14.0 Å². The molecule has 2 atom stereocenters. The van der Waals surface area contributed by atoms with E-state index >= 15 is 0 Å². The summed E-state index contributed by atoms with van der Waals surface area (Å²) in [6, 6.07) is 0. The lowest BCUT2D eigenvalue weighted by Gasteiger charge is -2.18. The average molecular weight is 194 g/mol. The second-order valence-corrected chi connectivity index (χ2v) is 3.49. The summed E-state index contributed by atoms with van der Waals surface area (Å²) >= 11 is 5.60. The first-order valence-electron chi connectivity index (χ1n) is 4.24. The summed E-state index contributed by atoms with van der Waals surface area (Å²) in [5.74, 6) is 0.666. The Morgan fingerprint density at radius 2 is 2.33 bits per heavy atom. The van der Waals surface area contributed by atoms with Crippen LogP contribution in [-0.4, -0.2) is 49.9 Å². The molecular formula is C8H16ClNO2. The minimum atomic E-state index is -0.0422. The van der Waals surface area contributed by atoms with E-state index in [1.807, 2.05) is 14.0 Å². The highest BCUT2D eigenvalue weighted by Crippen LogP contribution is 2.11. The van der Waals surface area contributed by atoms with E-state index in [0.29, 0.717) is 12.5 Å². The Bertz CT molecular complexity index is 134. The van der Waals surface area contributed by atoms with Gasteiger partial charge in [-0.3, -0.25) is 0 Å². The fourth-order valence-electron chi connectivity index (χ4n) is 1.27. The number of ether oxygens (including phenoxy) is 2. The van der Waals surface area contributed by atoms with Crippen LogP contribution in [0.3, 0.4) is 0 Å². The number of hydrogen-bond acceptors (Lipinski definition) is 3. The minimum absolute atomic E-state index is 0.0422. The van der Waals surface area contributed by atoms with E-state index in [1.54, 1.807) is 0 Å². The van der Waals surface area contributed by atoms with Crippen LogP contribution in [0.2, 0.25) is 0 Å². The lowest BCUT2D eigenvalue weighted by molar-refractivity contribution is -0.0457. The average Bonchev–Trinajstić information content (AvgIpc) is 2.36. The fourth-order valence-corrected chi connectivity index (χ4v) is 1.56. The van der Waals surface area contributed by atoms with Crippen LogP contribution < -0.4 is 0 Å². The second kappa shape index (κ2) is 5.02. The van der Waals surface area contributed by atoms with Gasteiger partial charge in [0.2, 0.25) is 0 Å². The number of hydrogen-bond donors (Lipinski definition) is 0. The van der Waals surface area contributed by atoms with Crippen LogP contribution in [0.4, 0.5) is 0 Å². The molecule has 0 spiro atoms. The van der Waals surface area contributed by atoms with Gasteiger partial charge in [0.1, 0.15) is 0 Å².